The molecule has 2 aromatic rings. The number of carbonyl (C=O) groups excluding carboxylic acids is 2. The number of H-pyrrole nitrogens is 1. The van der Waals surface area contributed by atoms with Crippen molar-refractivity contribution in [3.05, 3.63) is 34.0 Å². The fourth-order valence-electron chi connectivity index (χ4n) is 2.83. The van der Waals surface area contributed by atoms with Gasteiger partial charge in [-0.15, -0.1) is 0 Å². The van der Waals surface area contributed by atoms with E-state index in [0.29, 0.717) is 24.0 Å². The summed E-state index contributed by atoms with van der Waals surface area (Å²) in [6, 6.07) is 2.92. The van der Waals surface area contributed by atoms with E-state index in [1.807, 2.05) is 34.6 Å². The highest BCUT2D eigenvalue weighted by atomic mass is 79.9. The Morgan fingerprint density at radius 2 is 1.49 bits per heavy atom. The van der Waals surface area contributed by atoms with Crippen molar-refractivity contribution in [2.24, 2.45) is 11.8 Å². The van der Waals surface area contributed by atoms with Crippen LogP contribution in [0.15, 0.2) is 26.0 Å². The van der Waals surface area contributed by atoms with Crippen LogP contribution in [0.3, 0.4) is 0 Å². The van der Waals surface area contributed by atoms with Crippen LogP contribution < -0.4 is 10.3 Å². The van der Waals surface area contributed by atoms with Gasteiger partial charge in [-0.1, -0.05) is 57.5 Å². The molecule has 0 aliphatic rings. The third-order valence-electron chi connectivity index (χ3n) is 4.55. The minimum atomic E-state index is -0.529. The summed E-state index contributed by atoms with van der Waals surface area (Å²) < 4.78 is 24.7. The Bertz CT molecular complexity index is 901. The second-order valence-electron chi connectivity index (χ2n) is 8.21. The Morgan fingerprint density at radius 3 is 1.86 bits per heavy atom. The largest absolute Gasteiger partial charge is 0.476 e. The zero-order valence-electron chi connectivity index (χ0n) is 21.9. The Morgan fingerprint density at radius 1 is 0.971 bits per heavy atom. The van der Waals surface area contributed by atoms with Gasteiger partial charge in [0.05, 0.1) is 20.8 Å². The summed E-state index contributed by atoms with van der Waals surface area (Å²) in [6.07, 6.45) is 2.13. The van der Waals surface area contributed by atoms with Crippen molar-refractivity contribution in [3.63, 3.8) is 0 Å². The normalized spacial score (nSPS) is 12.1. The SMILES string of the molecule is CCCBr.CCCOc1cc(C(C(=O)OC)C(C)C)on1.COC(=O)C(c1cc(=O)[nH]o1)C(C)C. The van der Waals surface area contributed by atoms with Crippen LogP contribution in [0.25, 0.3) is 0 Å². The summed E-state index contributed by atoms with van der Waals surface area (Å²) in [5.41, 5.74) is -0.352. The van der Waals surface area contributed by atoms with E-state index in [9.17, 15) is 14.4 Å². The molecular weight excluding hydrogens is 524 g/mol. The van der Waals surface area contributed by atoms with E-state index in [-0.39, 0.29) is 23.4 Å². The Balaban J connectivity index is 0.000000581. The van der Waals surface area contributed by atoms with Gasteiger partial charge in [0.1, 0.15) is 11.8 Å². The van der Waals surface area contributed by atoms with Crippen LogP contribution in [0.4, 0.5) is 0 Å². The van der Waals surface area contributed by atoms with Gasteiger partial charge in [0.15, 0.2) is 11.5 Å². The average Bonchev–Trinajstić information content (AvgIpc) is 3.46. The number of halogens is 1. The van der Waals surface area contributed by atoms with Crippen LogP contribution in [-0.4, -0.2) is 48.4 Å². The van der Waals surface area contributed by atoms with Gasteiger partial charge < -0.3 is 23.3 Å². The molecule has 0 amide bonds. The predicted molar refractivity (Wildman–Crippen MR) is 135 cm³/mol. The summed E-state index contributed by atoms with van der Waals surface area (Å²) in [5, 5.41) is 7.05. The van der Waals surface area contributed by atoms with E-state index in [4.69, 9.17) is 18.5 Å². The molecule has 0 fully saturated rings. The second-order valence-corrected chi connectivity index (χ2v) is 9.00. The summed E-state index contributed by atoms with van der Waals surface area (Å²) in [4.78, 5) is 33.8. The van der Waals surface area contributed by atoms with E-state index < -0.39 is 17.8 Å². The summed E-state index contributed by atoms with van der Waals surface area (Å²) in [5.74, 6) is -0.381. The van der Waals surface area contributed by atoms with Crippen molar-refractivity contribution in [2.75, 3.05) is 26.2 Å². The minimum Gasteiger partial charge on any atom is -0.476 e. The fraction of sp³-hybridized carbons (Fsp3) is 0.667. The maximum absolute atomic E-state index is 11.6. The monoisotopic (exact) mass is 562 g/mol. The van der Waals surface area contributed by atoms with E-state index in [1.54, 1.807) is 6.07 Å². The lowest BCUT2D eigenvalue weighted by atomic mass is 9.93. The molecule has 1 N–H and O–H groups in total. The Hall–Kier alpha value is -2.56. The third kappa shape index (κ3) is 11.6. The molecule has 0 spiro atoms. The number of alkyl halides is 1. The van der Waals surface area contributed by atoms with Crippen molar-refractivity contribution < 1.29 is 32.8 Å². The smallest absolute Gasteiger partial charge is 0.316 e. The number of carbonyl (C=O) groups is 2. The minimum absolute atomic E-state index is 0.0152. The number of aromatic amines is 1. The zero-order valence-corrected chi connectivity index (χ0v) is 23.5. The molecule has 0 aliphatic carbocycles. The maximum atomic E-state index is 11.6. The average molecular weight is 563 g/mol. The van der Waals surface area contributed by atoms with Crippen molar-refractivity contribution >= 4 is 27.9 Å². The topological polar surface area (TPSA) is 134 Å². The number of nitrogens with zero attached hydrogens (tertiary/aromatic N) is 1. The van der Waals surface area contributed by atoms with Gasteiger partial charge in [0.2, 0.25) is 0 Å². The molecule has 0 saturated heterocycles. The standard InChI is InChI=1S/C12H19NO4.C9H13NO4.C3H7Br/c1-5-6-16-10-7-9(17-13-10)11(8(2)3)12(14)15-4;1-5(2)8(9(12)13-3)6-4-7(11)10-14-6;1-2-3-4/h7-8,11H,5-6H2,1-4H3;4-5,8H,1-3H3,(H,10,11);2-3H2,1H3. The molecular formula is C24H39BrN2O8. The number of rotatable bonds is 10. The molecule has 2 heterocycles. The molecule has 35 heavy (non-hydrogen) atoms. The Kier molecular flexibility index (Phi) is 16.5. The summed E-state index contributed by atoms with van der Waals surface area (Å²) in [7, 11) is 2.67. The van der Waals surface area contributed by atoms with E-state index >= 15 is 0 Å². The lowest BCUT2D eigenvalue weighted by Gasteiger charge is -2.14. The zero-order chi connectivity index (χ0) is 27.0. The quantitative estimate of drug-likeness (QED) is 0.311. The first-order chi connectivity index (χ1) is 16.6. The highest BCUT2D eigenvalue weighted by Gasteiger charge is 2.30. The van der Waals surface area contributed by atoms with Gasteiger partial charge >= 0.3 is 11.9 Å². The van der Waals surface area contributed by atoms with Crippen molar-refractivity contribution in [1.29, 1.82) is 0 Å². The molecule has 11 heteroatoms. The van der Waals surface area contributed by atoms with Crippen LogP contribution in [0, 0.1) is 11.8 Å². The molecule has 10 nitrogen and oxygen atoms in total. The van der Waals surface area contributed by atoms with Gasteiger partial charge in [-0.2, -0.15) is 5.16 Å². The van der Waals surface area contributed by atoms with E-state index in [0.717, 1.165) is 11.8 Å². The first-order valence-electron chi connectivity index (χ1n) is 11.6. The van der Waals surface area contributed by atoms with E-state index in [1.165, 1.54) is 26.7 Å². The van der Waals surface area contributed by atoms with Gasteiger partial charge in [0, 0.05) is 17.5 Å². The molecule has 0 aliphatic heterocycles. The molecule has 0 aromatic carbocycles. The number of esters is 2. The number of ether oxygens (including phenoxy) is 3. The number of methoxy groups -OCH3 is 2. The van der Waals surface area contributed by atoms with Gasteiger partial charge in [-0.05, 0) is 29.8 Å². The summed E-state index contributed by atoms with van der Waals surface area (Å²) in [6.45, 7) is 12.3. The van der Waals surface area contributed by atoms with Gasteiger partial charge in [0.25, 0.3) is 11.4 Å². The van der Waals surface area contributed by atoms with Crippen LogP contribution in [0.1, 0.15) is 77.7 Å². The van der Waals surface area contributed by atoms with Crippen molar-refractivity contribution in [1.82, 2.24) is 10.3 Å². The molecule has 2 atom stereocenters. The molecule has 2 aromatic heterocycles. The fourth-order valence-corrected chi connectivity index (χ4v) is 2.83. The van der Waals surface area contributed by atoms with Crippen LogP contribution in [0.5, 0.6) is 5.88 Å². The number of nitrogens with one attached hydrogen (secondary N) is 1. The van der Waals surface area contributed by atoms with E-state index in [2.05, 4.69) is 37.9 Å². The molecule has 2 rings (SSSR count). The van der Waals surface area contributed by atoms with Crippen LogP contribution in [-0.2, 0) is 19.1 Å². The lowest BCUT2D eigenvalue weighted by molar-refractivity contribution is -0.145. The molecule has 0 bridgehead atoms. The first kappa shape index (κ1) is 32.4. The van der Waals surface area contributed by atoms with Crippen LogP contribution >= 0.6 is 15.9 Å². The molecule has 200 valence electrons. The highest BCUT2D eigenvalue weighted by Crippen LogP contribution is 2.28. The molecule has 0 radical (unpaired) electrons. The number of hydrogen-bond donors (Lipinski definition) is 1. The second kappa shape index (κ2) is 17.8. The van der Waals surface area contributed by atoms with Crippen LogP contribution in [0.2, 0.25) is 0 Å². The lowest BCUT2D eigenvalue weighted by Crippen LogP contribution is -2.19. The molecule has 2 unspecified atom stereocenters. The maximum Gasteiger partial charge on any atom is 0.316 e. The number of aromatic nitrogens is 2. The van der Waals surface area contributed by atoms with Gasteiger partial charge in [-0.3, -0.25) is 14.4 Å². The highest BCUT2D eigenvalue weighted by molar-refractivity contribution is 9.09. The van der Waals surface area contributed by atoms with Gasteiger partial charge in [-0.25, -0.2) is 0 Å². The first-order valence-corrected chi connectivity index (χ1v) is 12.7. The van der Waals surface area contributed by atoms with Crippen molar-refractivity contribution in [3.8, 4) is 5.88 Å². The predicted octanol–water partition coefficient (Wildman–Crippen LogP) is 5.05. The summed E-state index contributed by atoms with van der Waals surface area (Å²) >= 11 is 3.25. The Labute approximate surface area is 215 Å². The molecule has 0 saturated carbocycles. The third-order valence-corrected chi connectivity index (χ3v) is 5.34. The number of hydrogen-bond acceptors (Lipinski definition) is 9. The van der Waals surface area contributed by atoms with Crippen molar-refractivity contribution in [2.45, 2.75) is 66.2 Å².